The Morgan fingerprint density at radius 1 is 0.979 bits per heavy atom. The average Bonchev–Trinajstić information content (AvgIpc) is 3.63. The maximum Gasteiger partial charge on any atom is 0.359 e. The van der Waals surface area contributed by atoms with E-state index in [4.69, 9.17) is 11.6 Å². The number of nitrogens with one attached hydrogen (secondary N) is 1. The number of fused-ring (bicyclic) bond motifs is 8. The molecule has 0 saturated carbocycles. The van der Waals surface area contributed by atoms with E-state index in [0.717, 1.165) is 45.8 Å². The van der Waals surface area contributed by atoms with Crippen LogP contribution in [0.4, 0.5) is 24.8 Å². The van der Waals surface area contributed by atoms with Gasteiger partial charge in [-0.3, -0.25) is 14.2 Å². The van der Waals surface area contributed by atoms with Crippen molar-refractivity contribution >= 4 is 45.0 Å². The van der Waals surface area contributed by atoms with Gasteiger partial charge in [-0.05, 0) is 43.0 Å². The highest BCUT2D eigenvalue weighted by Crippen LogP contribution is 2.36. The van der Waals surface area contributed by atoms with Gasteiger partial charge in [-0.15, -0.1) is 0 Å². The predicted octanol–water partition coefficient (Wildman–Crippen LogP) is 6.64. The van der Waals surface area contributed by atoms with Gasteiger partial charge in [-0.1, -0.05) is 38.3 Å². The summed E-state index contributed by atoms with van der Waals surface area (Å²) in [6.45, 7) is 4.05. The van der Waals surface area contributed by atoms with Crippen LogP contribution in [0.15, 0.2) is 58.6 Å². The fourth-order valence-electron chi connectivity index (χ4n) is 6.04. The van der Waals surface area contributed by atoms with Gasteiger partial charge in [0.05, 0.1) is 40.2 Å². The number of aryl methyl sites for hydroxylation is 3. The van der Waals surface area contributed by atoms with E-state index < -0.39 is 35.4 Å². The van der Waals surface area contributed by atoms with Crippen molar-refractivity contribution in [2.75, 3.05) is 5.32 Å². The van der Waals surface area contributed by atoms with E-state index in [1.54, 1.807) is 24.0 Å². The van der Waals surface area contributed by atoms with Gasteiger partial charge >= 0.3 is 11.4 Å². The van der Waals surface area contributed by atoms with Gasteiger partial charge < -0.3 is 9.88 Å². The molecule has 2 aliphatic rings. The summed E-state index contributed by atoms with van der Waals surface area (Å²) in [5.41, 5.74) is 0.547. The fourth-order valence-corrected chi connectivity index (χ4v) is 6.31. The summed E-state index contributed by atoms with van der Waals surface area (Å²) in [5.74, 6) is -3.98. The van der Waals surface area contributed by atoms with E-state index in [-0.39, 0.29) is 22.2 Å². The Balaban J connectivity index is 0.00000190. The first-order chi connectivity index (χ1) is 22.7. The highest BCUT2D eigenvalue weighted by atomic mass is 35.5. The van der Waals surface area contributed by atoms with Gasteiger partial charge in [0.25, 0.3) is 0 Å². The zero-order valence-corrected chi connectivity index (χ0v) is 26.8. The van der Waals surface area contributed by atoms with Crippen molar-refractivity contribution < 1.29 is 13.2 Å². The zero-order valence-electron chi connectivity index (χ0n) is 26.0. The molecular weight excluding hydrogens is 633 g/mol. The number of hydrogen-bond donors (Lipinski definition) is 1. The van der Waals surface area contributed by atoms with Gasteiger partial charge in [-0.2, -0.15) is 10.1 Å². The minimum Gasteiger partial charge on any atom is -0.346 e. The van der Waals surface area contributed by atoms with Crippen molar-refractivity contribution in [2.45, 2.75) is 59.0 Å². The molecular formula is C33H32ClF3N8O2. The molecule has 10 nitrogen and oxygen atoms in total. The molecule has 0 unspecified atom stereocenters. The van der Waals surface area contributed by atoms with Crippen LogP contribution in [0.2, 0.25) is 5.02 Å². The number of hydrogen-bond acceptors (Lipinski definition) is 6. The second-order valence-electron chi connectivity index (χ2n) is 11.1. The average molecular weight is 665 g/mol. The number of nitrogens with zero attached hydrogens (tertiary/aromatic N) is 7. The SMILES string of the molecule is CC.Cn1cc2c3c(c(Cl)cc2n1)Nc1nc(=O)n(c(=O)n1Cc1cc(F)c(F)cc1F)-c1cncc2ccn(c12)CCCCCC3. The van der Waals surface area contributed by atoms with Crippen LogP contribution in [0.25, 0.3) is 27.5 Å². The van der Waals surface area contributed by atoms with Gasteiger partial charge in [0, 0.05) is 54.6 Å². The molecule has 2 aliphatic heterocycles. The molecule has 6 heterocycles. The van der Waals surface area contributed by atoms with Gasteiger partial charge in [0.1, 0.15) is 5.82 Å². The molecule has 0 spiro atoms. The Bertz CT molecular complexity index is 2260. The smallest absolute Gasteiger partial charge is 0.346 e. The summed E-state index contributed by atoms with van der Waals surface area (Å²) >= 11 is 6.78. The number of halogens is 4. The van der Waals surface area contributed by atoms with Crippen LogP contribution in [-0.2, 0) is 26.6 Å². The Kier molecular flexibility index (Phi) is 8.91. The lowest BCUT2D eigenvalue weighted by atomic mass is 10.0. The van der Waals surface area contributed by atoms with E-state index >= 15 is 0 Å². The third kappa shape index (κ3) is 5.91. The minimum absolute atomic E-state index is 0.189. The van der Waals surface area contributed by atoms with Gasteiger partial charge in [0.15, 0.2) is 11.6 Å². The van der Waals surface area contributed by atoms with Crippen LogP contribution < -0.4 is 16.7 Å². The molecule has 6 aromatic rings. The molecule has 1 N–H and O–H groups in total. The largest absolute Gasteiger partial charge is 0.359 e. The molecule has 0 radical (unpaired) electrons. The molecule has 4 aromatic heterocycles. The lowest BCUT2D eigenvalue weighted by Crippen LogP contribution is -2.42. The summed E-state index contributed by atoms with van der Waals surface area (Å²) in [4.78, 5) is 36.5. The number of aromatic nitrogens is 7. The van der Waals surface area contributed by atoms with Crippen molar-refractivity contribution in [1.82, 2.24) is 33.4 Å². The molecule has 47 heavy (non-hydrogen) atoms. The molecule has 244 valence electrons. The van der Waals surface area contributed by atoms with Gasteiger partial charge in [0.2, 0.25) is 5.95 Å². The molecule has 8 rings (SSSR count). The maximum atomic E-state index is 15.0. The lowest BCUT2D eigenvalue weighted by molar-refractivity contribution is 0.487. The Labute approximate surface area is 272 Å². The molecule has 0 aliphatic carbocycles. The van der Waals surface area contributed by atoms with Crippen LogP contribution in [0.3, 0.4) is 0 Å². The molecule has 0 saturated heterocycles. The number of rotatable bonds is 2. The molecule has 14 heteroatoms. The third-order valence-electron chi connectivity index (χ3n) is 8.18. The standard InChI is InChI=1S/C31H26ClF3N8O2.C2H6/c1-40-16-20-19-6-4-2-3-5-8-41-9-7-17-13-36-14-26(28(17)41)43-30(44)38-29(37-27(19)21(32)11-25(20)39-40)42(31(43)45)15-18-10-23(34)24(35)12-22(18)33;1-2/h7,9-14,16H,2-6,8,15H2,1H3,(H,37,38,44);1-2H3. The quantitative estimate of drug-likeness (QED) is 0.208. The first-order valence-electron chi connectivity index (χ1n) is 15.4. The Hall–Kier alpha value is -4.91. The van der Waals surface area contributed by atoms with Crippen molar-refractivity contribution in [3.8, 4) is 5.69 Å². The maximum absolute atomic E-state index is 15.0. The van der Waals surface area contributed by atoms with Crippen LogP contribution in [0.1, 0.15) is 50.7 Å². The first-order valence-corrected chi connectivity index (χ1v) is 15.8. The first kappa shape index (κ1) is 32.0. The van der Waals surface area contributed by atoms with Crippen LogP contribution >= 0.6 is 11.6 Å². The van der Waals surface area contributed by atoms with Crippen LogP contribution in [-0.4, -0.2) is 33.4 Å². The monoisotopic (exact) mass is 664 g/mol. The highest BCUT2D eigenvalue weighted by Gasteiger charge is 2.23. The van der Waals surface area contributed by atoms with Crippen molar-refractivity contribution in [1.29, 1.82) is 0 Å². The topological polar surface area (TPSA) is 105 Å². The summed E-state index contributed by atoms with van der Waals surface area (Å²) in [5, 5.41) is 9.38. The molecule has 0 atom stereocenters. The minimum atomic E-state index is -1.37. The lowest BCUT2D eigenvalue weighted by Gasteiger charge is -2.20. The van der Waals surface area contributed by atoms with E-state index in [1.165, 1.54) is 6.20 Å². The third-order valence-corrected chi connectivity index (χ3v) is 8.47. The second-order valence-corrected chi connectivity index (χ2v) is 11.5. The van der Waals surface area contributed by atoms with Crippen LogP contribution in [0.5, 0.6) is 0 Å². The van der Waals surface area contributed by atoms with Crippen molar-refractivity contribution in [2.24, 2.45) is 7.05 Å². The second kappa shape index (κ2) is 13.1. The molecule has 0 fully saturated rings. The fraction of sp³-hybridized carbons (Fsp3) is 0.303. The normalized spacial score (nSPS) is 13.3. The Morgan fingerprint density at radius 2 is 1.74 bits per heavy atom. The summed E-state index contributed by atoms with van der Waals surface area (Å²) in [6, 6.07) is 4.60. The zero-order chi connectivity index (χ0) is 33.4. The van der Waals surface area contributed by atoms with E-state index in [2.05, 4.69) is 20.4 Å². The molecule has 0 amide bonds. The van der Waals surface area contributed by atoms with E-state index in [0.29, 0.717) is 47.2 Å². The van der Waals surface area contributed by atoms with E-state index in [9.17, 15) is 22.8 Å². The number of benzene rings is 2. The van der Waals surface area contributed by atoms with Crippen molar-refractivity contribution in [3.05, 3.63) is 104 Å². The number of anilines is 2. The van der Waals surface area contributed by atoms with Crippen molar-refractivity contribution in [3.63, 3.8) is 0 Å². The summed E-state index contributed by atoms with van der Waals surface area (Å²) in [6.07, 6.45) is 10.9. The van der Waals surface area contributed by atoms with Gasteiger partial charge in [-0.25, -0.2) is 27.3 Å². The highest BCUT2D eigenvalue weighted by molar-refractivity contribution is 6.34. The predicted molar refractivity (Wildman–Crippen MR) is 175 cm³/mol. The summed E-state index contributed by atoms with van der Waals surface area (Å²) in [7, 11) is 1.80. The number of pyridine rings is 1. The summed E-state index contributed by atoms with van der Waals surface area (Å²) < 4.78 is 48.5. The Morgan fingerprint density at radius 3 is 2.55 bits per heavy atom. The molecule has 2 aromatic carbocycles. The van der Waals surface area contributed by atoms with Crippen LogP contribution in [0, 0.1) is 17.5 Å². The van der Waals surface area contributed by atoms with E-state index in [1.807, 2.05) is 36.9 Å². The molecule has 2 bridgehead atoms.